The quantitative estimate of drug-likeness (QED) is 0.543. The van der Waals surface area contributed by atoms with E-state index in [0.717, 1.165) is 52.4 Å². The number of carbonyl (C=O) groups is 1. The number of methoxy groups -OCH3 is 2. The van der Waals surface area contributed by atoms with Gasteiger partial charge in [0.05, 0.1) is 26.9 Å². The van der Waals surface area contributed by atoms with E-state index < -0.39 is 0 Å². The first-order valence-electron chi connectivity index (χ1n) is 11.6. The molecule has 1 unspecified atom stereocenters. The van der Waals surface area contributed by atoms with Gasteiger partial charge < -0.3 is 28.8 Å². The number of rotatable bonds is 7. The molecule has 3 aromatic rings. The largest absolute Gasteiger partial charge is 0.497 e. The van der Waals surface area contributed by atoms with E-state index in [0.29, 0.717) is 19.6 Å². The molecule has 1 saturated heterocycles. The van der Waals surface area contributed by atoms with E-state index >= 15 is 0 Å². The van der Waals surface area contributed by atoms with Crippen molar-refractivity contribution in [1.29, 1.82) is 0 Å². The number of furan rings is 1. The predicted molar refractivity (Wildman–Crippen MR) is 125 cm³/mol. The highest BCUT2D eigenvalue weighted by molar-refractivity contribution is 5.80. The molecule has 2 aliphatic rings. The van der Waals surface area contributed by atoms with Gasteiger partial charge in [0, 0.05) is 24.4 Å². The lowest BCUT2D eigenvalue weighted by atomic mass is 9.96. The number of fused-ring (bicyclic) bond motifs is 1. The van der Waals surface area contributed by atoms with Gasteiger partial charge in [0.15, 0.2) is 11.5 Å². The molecule has 1 N–H and O–H groups in total. The van der Waals surface area contributed by atoms with Crippen LogP contribution < -0.4 is 19.5 Å². The Kier molecular flexibility index (Phi) is 6.03. The van der Waals surface area contributed by atoms with Gasteiger partial charge in [-0.25, -0.2) is 4.79 Å². The summed E-state index contributed by atoms with van der Waals surface area (Å²) in [6, 6.07) is 13.7. The lowest BCUT2D eigenvalue weighted by molar-refractivity contribution is 0.171. The van der Waals surface area contributed by atoms with Crippen LogP contribution in [0.3, 0.4) is 0 Å². The number of hydrogen-bond donors (Lipinski definition) is 1. The highest BCUT2D eigenvalue weighted by Crippen LogP contribution is 2.35. The molecule has 0 radical (unpaired) electrons. The lowest BCUT2D eigenvalue weighted by Crippen LogP contribution is -2.49. The molecule has 174 valence electrons. The van der Waals surface area contributed by atoms with Crippen molar-refractivity contribution in [2.75, 3.05) is 27.3 Å². The molecular formula is C26H30N2O5. The molecule has 1 aliphatic carbocycles. The van der Waals surface area contributed by atoms with E-state index in [1.807, 2.05) is 30.3 Å². The number of ether oxygens (including phenoxy) is 3. The minimum Gasteiger partial charge on any atom is -0.497 e. The van der Waals surface area contributed by atoms with Gasteiger partial charge in [-0.3, -0.25) is 0 Å². The number of nitrogens with zero attached hydrogens (tertiary/aromatic N) is 1. The fraction of sp³-hybridized carbons (Fsp3) is 0.423. The van der Waals surface area contributed by atoms with E-state index in [9.17, 15) is 4.79 Å². The van der Waals surface area contributed by atoms with Crippen LogP contribution in [-0.2, 0) is 6.54 Å². The highest BCUT2D eigenvalue weighted by Gasteiger charge is 2.28. The zero-order chi connectivity index (χ0) is 22.8. The molecule has 7 nitrogen and oxygen atoms in total. The molecule has 2 aromatic carbocycles. The zero-order valence-corrected chi connectivity index (χ0v) is 19.1. The molecule has 5 rings (SSSR count). The summed E-state index contributed by atoms with van der Waals surface area (Å²) in [4.78, 5) is 14.4. The topological polar surface area (TPSA) is 73.2 Å². The maximum atomic E-state index is 12.6. The smallest absolute Gasteiger partial charge is 0.317 e. The third kappa shape index (κ3) is 4.58. The van der Waals surface area contributed by atoms with Gasteiger partial charge in [-0.2, -0.15) is 0 Å². The second-order valence-corrected chi connectivity index (χ2v) is 8.81. The van der Waals surface area contributed by atoms with Gasteiger partial charge >= 0.3 is 6.03 Å². The summed E-state index contributed by atoms with van der Waals surface area (Å²) in [5.74, 6) is 3.20. The Morgan fingerprint density at radius 1 is 1.03 bits per heavy atom. The molecule has 0 bridgehead atoms. The molecule has 2 fully saturated rings. The average molecular weight is 451 g/mol. The Balaban J connectivity index is 1.32. The Morgan fingerprint density at radius 3 is 2.67 bits per heavy atom. The van der Waals surface area contributed by atoms with Crippen LogP contribution in [0.15, 0.2) is 46.9 Å². The number of urea groups is 1. The van der Waals surface area contributed by atoms with E-state index in [2.05, 4.69) is 17.4 Å². The van der Waals surface area contributed by atoms with Crippen molar-refractivity contribution in [2.24, 2.45) is 0 Å². The summed E-state index contributed by atoms with van der Waals surface area (Å²) in [6.45, 7) is 1.59. The molecule has 7 heteroatoms. The fourth-order valence-corrected chi connectivity index (χ4v) is 4.79. The molecule has 1 saturated carbocycles. The normalized spacial score (nSPS) is 19.0. The first kappa shape index (κ1) is 21.5. The number of amides is 2. The van der Waals surface area contributed by atoms with Crippen molar-refractivity contribution in [1.82, 2.24) is 10.2 Å². The molecule has 1 aromatic heterocycles. The molecule has 0 spiro atoms. The van der Waals surface area contributed by atoms with Crippen molar-refractivity contribution in [3.05, 3.63) is 53.8 Å². The highest BCUT2D eigenvalue weighted by atomic mass is 16.5. The maximum absolute atomic E-state index is 12.6. The third-order valence-electron chi connectivity index (χ3n) is 6.60. The second kappa shape index (κ2) is 9.25. The molecular weight excluding hydrogens is 420 g/mol. The molecule has 33 heavy (non-hydrogen) atoms. The number of benzene rings is 2. The molecule has 2 amide bonds. The Morgan fingerprint density at radius 2 is 1.88 bits per heavy atom. The van der Waals surface area contributed by atoms with Gasteiger partial charge in [-0.1, -0.05) is 6.07 Å². The predicted octanol–water partition coefficient (Wildman–Crippen LogP) is 5.08. The summed E-state index contributed by atoms with van der Waals surface area (Å²) in [7, 11) is 3.31. The maximum Gasteiger partial charge on any atom is 0.317 e. The van der Waals surface area contributed by atoms with Crippen molar-refractivity contribution >= 4 is 17.0 Å². The van der Waals surface area contributed by atoms with E-state index in [4.69, 9.17) is 18.6 Å². The van der Waals surface area contributed by atoms with Gasteiger partial charge in [-0.15, -0.1) is 0 Å². The van der Waals surface area contributed by atoms with Crippen molar-refractivity contribution in [3.8, 4) is 17.2 Å². The summed E-state index contributed by atoms with van der Waals surface area (Å²) in [6.07, 6.45) is 4.85. The Labute approximate surface area is 193 Å². The summed E-state index contributed by atoms with van der Waals surface area (Å²) >= 11 is 0. The van der Waals surface area contributed by atoms with Gasteiger partial charge in [0.1, 0.15) is 17.1 Å². The Bertz CT molecular complexity index is 1130. The van der Waals surface area contributed by atoms with Gasteiger partial charge in [0.25, 0.3) is 0 Å². The third-order valence-corrected chi connectivity index (χ3v) is 6.60. The zero-order valence-electron chi connectivity index (χ0n) is 19.1. The monoisotopic (exact) mass is 450 g/mol. The fourth-order valence-electron chi connectivity index (χ4n) is 4.79. The summed E-state index contributed by atoms with van der Waals surface area (Å²) < 4.78 is 23.1. The van der Waals surface area contributed by atoms with Gasteiger partial charge in [-0.05, 0) is 67.6 Å². The van der Waals surface area contributed by atoms with Crippen LogP contribution in [0, 0.1) is 0 Å². The average Bonchev–Trinajstić information content (AvgIpc) is 3.49. The minimum atomic E-state index is -0.0831. The van der Waals surface area contributed by atoms with Gasteiger partial charge in [0.2, 0.25) is 0 Å². The molecule has 1 aliphatic heterocycles. The molecule has 1 atom stereocenters. The lowest BCUT2D eigenvalue weighted by Gasteiger charge is -2.33. The summed E-state index contributed by atoms with van der Waals surface area (Å²) in [5, 5.41) is 3.99. The number of carbonyl (C=O) groups excluding carboxylic acids is 1. The van der Waals surface area contributed by atoms with Crippen LogP contribution in [0.2, 0.25) is 0 Å². The van der Waals surface area contributed by atoms with Crippen LogP contribution in [0.25, 0.3) is 11.0 Å². The minimum absolute atomic E-state index is 0.0831. The standard InChI is InChI=1S/C26H30N2O5/c1-30-21-8-10-23-18(11-21)12-22(33-23)16-28-15-19(14-27-26(28)29)17-7-9-24(31-2)25(13-17)32-20-5-3-4-6-20/h7-13,19-20H,3-6,14-16H2,1-2H3,(H,27,29). The van der Waals surface area contributed by atoms with Crippen molar-refractivity contribution in [2.45, 2.75) is 44.2 Å². The SMILES string of the molecule is COc1ccc2oc(CN3CC(c4ccc(OC)c(OC5CCCC5)c4)CNC3=O)cc2c1. The Hall–Kier alpha value is -3.35. The van der Waals surface area contributed by atoms with E-state index in [1.54, 1.807) is 19.1 Å². The van der Waals surface area contributed by atoms with Crippen LogP contribution >= 0.6 is 0 Å². The first-order valence-corrected chi connectivity index (χ1v) is 11.6. The second-order valence-electron chi connectivity index (χ2n) is 8.81. The first-order chi connectivity index (χ1) is 16.1. The van der Waals surface area contributed by atoms with E-state index in [1.165, 1.54) is 12.8 Å². The summed E-state index contributed by atoms with van der Waals surface area (Å²) in [5.41, 5.74) is 1.91. The molecule has 2 heterocycles. The van der Waals surface area contributed by atoms with E-state index in [-0.39, 0.29) is 18.1 Å². The van der Waals surface area contributed by atoms with Crippen LogP contribution in [0.4, 0.5) is 4.79 Å². The van der Waals surface area contributed by atoms with Crippen LogP contribution in [-0.4, -0.2) is 44.3 Å². The van der Waals surface area contributed by atoms with Crippen molar-refractivity contribution in [3.63, 3.8) is 0 Å². The van der Waals surface area contributed by atoms with Crippen LogP contribution in [0.5, 0.6) is 17.2 Å². The van der Waals surface area contributed by atoms with Crippen molar-refractivity contribution < 1.29 is 23.4 Å². The van der Waals surface area contributed by atoms with Crippen LogP contribution in [0.1, 0.15) is 42.9 Å². The number of nitrogens with one attached hydrogen (secondary N) is 1. The number of hydrogen-bond acceptors (Lipinski definition) is 5.